The van der Waals surface area contributed by atoms with E-state index in [9.17, 15) is 9.90 Å². The monoisotopic (exact) mass is 228 g/mol. The van der Waals surface area contributed by atoms with Gasteiger partial charge in [0, 0.05) is 26.1 Å². The maximum absolute atomic E-state index is 11.2. The topological polar surface area (TPSA) is 61.4 Å². The zero-order valence-corrected chi connectivity index (χ0v) is 10.2. The lowest BCUT2D eigenvalue weighted by molar-refractivity contribution is -0.120. The van der Waals surface area contributed by atoms with E-state index in [1.165, 1.54) is 6.42 Å². The van der Waals surface area contributed by atoms with Crippen molar-refractivity contribution in [2.24, 2.45) is 0 Å². The van der Waals surface area contributed by atoms with E-state index in [2.05, 4.69) is 10.6 Å². The van der Waals surface area contributed by atoms with Crippen molar-refractivity contribution in [1.82, 2.24) is 10.6 Å². The Morgan fingerprint density at radius 1 is 1.31 bits per heavy atom. The number of hydrogen-bond acceptors (Lipinski definition) is 3. The molecule has 94 valence electrons. The third-order valence-corrected chi connectivity index (χ3v) is 3.14. The van der Waals surface area contributed by atoms with E-state index in [1.54, 1.807) is 0 Å². The standard InChI is InChI=1S/C12H24N2O2/c1-2-14-11(15)6-9-13-10-12(16)7-4-3-5-8-12/h13,16H,2-10H2,1H3,(H,14,15). The van der Waals surface area contributed by atoms with Gasteiger partial charge in [0.15, 0.2) is 0 Å². The van der Waals surface area contributed by atoms with Crippen LogP contribution in [0.4, 0.5) is 0 Å². The Kier molecular flexibility index (Phi) is 5.77. The van der Waals surface area contributed by atoms with Crippen molar-refractivity contribution in [3.8, 4) is 0 Å². The first-order valence-electron chi connectivity index (χ1n) is 6.36. The Bertz CT molecular complexity index is 213. The van der Waals surface area contributed by atoms with Crippen LogP contribution in [0.1, 0.15) is 45.4 Å². The van der Waals surface area contributed by atoms with Crippen LogP contribution in [0.5, 0.6) is 0 Å². The summed E-state index contributed by atoms with van der Waals surface area (Å²) in [5, 5.41) is 16.1. The minimum Gasteiger partial charge on any atom is -0.389 e. The molecule has 0 bridgehead atoms. The molecule has 1 aliphatic carbocycles. The molecule has 1 rings (SSSR count). The number of aliphatic hydroxyl groups is 1. The van der Waals surface area contributed by atoms with Gasteiger partial charge in [-0.05, 0) is 19.8 Å². The van der Waals surface area contributed by atoms with E-state index in [1.807, 2.05) is 6.92 Å². The number of carbonyl (C=O) groups is 1. The summed E-state index contributed by atoms with van der Waals surface area (Å²) in [7, 11) is 0. The average molecular weight is 228 g/mol. The lowest BCUT2D eigenvalue weighted by atomic mass is 9.85. The highest BCUT2D eigenvalue weighted by Crippen LogP contribution is 2.27. The zero-order chi connectivity index (χ0) is 11.9. The van der Waals surface area contributed by atoms with Crippen LogP contribution < -0.4 is 10.6 Å². The van der Waals surface area contributed by atoms with Gasteiger partial charge in [-0.1, -0.05) is 19.3 Å². The van der Waals surface area contributed by atoms with Gasteiger partial charge >= 0.3 is 0 Å². The van der Waals surface area contributed by atoms with Crippen molar-refractivity contribution in [3.05, 3.63) is 0 Å². The first-order chi connectivity index (χ1) is 7.66. The summed E-state index contributed by atoms with van der Waals surface area (Å²) in [5.74, 6) is 0.0747. The molecule has 4 nitrogen and oxygen atoms in total. The van der Waals surface area contributed by atoms with Gasteiger partial charge in [0.2, 0.25) is 5.91 Å². The molecule has 0 aliphatic heterocycles. The van der Waals surface area contributed by atoms with Gasteiger partial charge in [0.1, 0.15) is 0 Å². The van der Waals surface area contributed by atoms with E-state index in [4.69, 9.17) is 0 Å². The van der Waals surface area contributed by atoms with Gasteiger partial charge < -0.3 is 15.7 Å². The second kappa shape index (κ2) is 6.86. The highest BCUT2D eigenvalue weighted by Gasteiger charge is 2.28. The first kappa shape index (κ1) is 13.5. The van der Waals surface area contributed by atoms with Gasteiger partial charge in [-0.15, -0.1) is 0 Å². The lowest BCUT2D eigenvalue weighted by Crippen LogP contribution is -2.43. The molecule has 4 heteroatoms. The summed E-state index contributed by atoms with van der Waals surface area (Å²) < 4.78 is 0. The molecule has 1 amide bonds. The summed E-state index contributed by atoms with van der Waals surface area (Å²) in [6.45, 7) is 3.86. The van der Waals surface area contributed by atoms with Crippen LogP contribution in [0.15, 0.2) is 0 Å². The molecule has 0 radical (unpaired) electrons. The number of nitrogens with one attached hydrogen (secondary N) is 2. The summed E-state index contributed by atoms with van der Waals surface area (Å²) in [6, 6.07) is 0. The maximum atomic E-state index is 11.2. The van der Waals surface area contributed by atoms with Crippen molar-refractivity contribution < 1.29 is 9.90 Å². The predicted molar refractivity (Wildman–Crippen MR) is 64.2 cm³/mol. The molecule has 0 aromatic rings. The first-order valence-corrected chi connectivity index (χ1v) is 6.36. The molecule has 0 atom stereocenters. The molecule has 0 saturated heterocycles. The van der Waals surface area contributed by atoms with E-state index in [-0.39, 0.29) is 5.91 Å². The summed E-state index contributed by atoms with van der Waals surface area (Å²) in [6.07, 6.45) is 5.75. The molecule has 1 aliphatic rings. The zero-order valence-electron chi connectivity index (χ0n) is 10.2. The quantitative estimate of drug-likeness (QED) is 0.589. The molecule has 0 aromatic carbocycles. The van der Waals surface area contributed by atoms with E-state index in [0.717, 1.165) is 25.7 Å². The fraction of sp³-hybridized carbons (Fsp3) is 0.917. The molecule has 1 fully saturated rings. The average Bonchev–Trinajstić information content (AvgIpc) is 2.26. The molecule has 1 saturated carbocycles. The molecular weight excluding hydrogens is 204 g/mol. The third kappa shape index (κ3) is 4.94. The van der Waals surface area contributed by atoms with Gasteiger partial charge in [0.05, 0.1) is 5.60 Å². The molecular formula is C12H24N2O2. The summed E-state index contributed by atoms with van der Waals surface area (Å²) in [4.78, 5) is 11.2. The normalized spacial score (nSPS) is 19.4. The third-order valence-electron chi connectivity index (χ3n) is 3.14. The minimum atomic E-state index is -0.528. The van der Waals surface area contributed by atoms with Crippen LogP contribution in [0, 0.1) is 0 Å². The van der Waals surface area contributed by atoms with Crippen molar-refractivity contribution in [2.75, 3.05) is 19.6 Å². The van der Waals surface area contributed by atoms with Crippen LogP contribution in [0.3, 0.4) is 0 Å². The molecule has 0 heterocycles. The van der Waals surface area contributed by atoms with Crippen molar-refractivity contribution in [2.45, 2.75) is 51.0 Å². The van der Waals surface area contributed by atoms with Gasteiger partial charge in [-0.3, -0.25) is 4.79 Å². The Labute approximate surface area is 97.8 Å². The summed E-state index contributed by atoms with van der Waals surface area (Å²) in [5.41, 5.74) is -0.528. The molecule has 16 heavy (non-hydrogen) atoms. The number of carbonyl (C=O) groups excluding carboxylic acids is 1. The van der Waals surface area contributed by atoms with Crippen LogP contribution in [-0.2, 0) is 4.79 Å². The van der Waals surface area contributed by atoms with Gasteiger partial charge in [-0.2, -0.15) is 0 Å². The molecule has 3 N–H and O–H groups in total. The Hall–Kier alpha value is -0.610. The van der Waals surface area contributed by atoms with E-state index >= 15 is 0 Å². The van der Waals surface area contributed by atoms with Crippen LogP contribution in [-0.4, -0.2) is 36.2 Å². The summed E-state index contributed by atoms with van der Waals surface area (Å²) >= 11 is 0. The van der Waals surface area contributed by atoms with E-state index < -0.39 is 5.60 Å². The van der Waals surface area contributed by atoms with Crippen LogP contribution in [0.2, 0.25) is 0 Å². The number of amides is 1. The highest BCUT2D eigenvalue weighted by molar-refractivity contribution is 5.75. The highest BCUT2D eigenvalue weighted by atomic mass is 16.3. The van der Waals surface area contributed by atoms with Crippen LogP contribution >= 0.6 is 0 Å². The second-order valence-electron chi connectivity index (χ2n) is 4.67. The number of hydrogen-bond donors (Lipinski definition) is 3. The Morgan fingerprint density at radius 2 is 2.00 bits per heavy atom. The second-order valence-corrected chi connectivity index (χ2v) is 4.67. The smallest absolute Gasteiger partial charge is 0.221 e. The molecule has 0 spiro atoms. The predicted octanol–water partition coefficient (Wildman–Crippen LogP) is 0.797. The van der Waals surface area contributed by atoms with E-state index in [0.29, 0.717) is 26.1 Å². The van der Waals surface area contributed by atoms with Crippen LogP contribution in [0.25, 0.3) is 0 Å². The SMILES string of the molecule is CCNC(=O)CCNCC1(O)CCCCC1. The maximum Gasteiger partial charge on any atom is 0.221 e. The fourth-order valence-electron chi connectivity index (χ4n) is 2.20. The Morgan fingerprint density at radius 3 is 2.62 bits per heavy atom. The van der Waals surface area contributed by atoms with Crippen molar-refractivity contribution in [3.63, 3.8) is 0 Å². The van der Waals surface area contributed by atoms with Gasteiger partial charge in [-0.25, -0.2) is 0 Å². The lowest BCUT2D eigenvalue weighted by Gasteiger charge is -2.32. The fourth-order valence-corrected chi connectivity index (χ4v) is 2.20. The van der Waals surface area contributed by atoms with Gasteiger partial charge in [0.25, 0.3) is 0 Å². The Balaban J connectivity index is 2.07. The molecule has 0 aromatic heterocycles. The molecule has 0 unspecified atom stereocenters. The van der Waals surface area contributed by atoms with Crippen molar-refractivity contribution in [1.29, 1.82) is 0 Å². The minimum absolute atomic E-state index is 0.0747. The largest absolute Gasteiger partial charge is 0.389 e. The number of rotatable bonds is 6. The van der Waals surface area contributed by atoms with Crippen molar-refractivity contribution >= 4 is 5.91 Å².